The summed E-state index contributed by atoms with van der Waals surface area (Å²) in [5, 5.41) is 22.5. The summed E-state index contributed by atoms with van der Waals surface area (Å²) in [5.41, 5.74) is 4.82. The third-order valence-corrected chi connectivity index (χ3v) is 5.70. The molecular weight excluding hydrogens is 680 g/mol. The Labute approximate surface area is 285 Å². The topological polar surface area (TPSA) is 355 Å². The molecule has 4 aromatic heterocycles. The Bertz CT molecular complexity index is 1500. The predicted molar refractivity (Wildman–Crippen MR) is 175 cm³/mol. The summed E-state index contributed by atoms with van der Waals surface area (Å²) in [5.74, 6) is -2.52. The van der Waals surface area contributed by atoms with Crippen molar-refractivity contribution in [2.45, 2.75) is 0 Å². The van der Waals surface area contributed by atoms with Crippen molar-refractivity contribution in [1.82, 2.24) is 19.9 Å². The minimum atomic E-state index is -1.26. The van der Waals surface area contributed by atoms with Crippen molar-refractivity contribution < 1.29 is 75.2 Å². The van der Waals surface area contributed by atoms with Crippen LogP contribution < -0.4 is 10.2 Å². The Morgan fingerprint density at radius 1 is 0.396 bits per heavy atom. The molecule has 261 valence electrons. The van der Waals surface area contributed by atoms with Crippen LogP contribution in [-0.2, 0) is 28.0 Å². The molecule has 16 N–H and O–H groups in total. The summed E-state index contributed by atoms with van der Waals surface area (Å²) < 4.78 is 0. The van der Waals surface area contributed by atoms with Gasteiger partial charge in [0.15, 0.2) is 0 Å². The van der Waals surface area contributed by atoms with Gasteiger partial charge in [-0.3, -0.25) is 19.9 Å². The van der Waals surface area contributed by atoms with Crippen molar-refractivity contribution in [3.05, 3.63) is 146 Å². The number of hydrogen-bond donors (Lipinski definition) is 0. The third kappa shape index (κ3) is 15.2. The van der Waals surface area contributed by atoms with Gasteiger partial charge < -0.3 is 58.1 Å². The maximum Gasteiger partial charge on any atom is 2.00 e. The zero-order valence-corrected chi connectivity index (χ0v) is 26.0. The van der Waals surface area contributed by atoms with Crippen molar-refractivity contribution in [3.63, 3.8) is 0 Å². The van der Waals surface area contributed by atoms with E-state index in [1.54, 1.807) is 49.6 Å². The number of carboxylic acid groups (broad SMARTS) is 2. The van der Waals surface area contributed by atoms with E-state index in [0.29, 0.717) is 10.8 Å². The Balaban J connectivity index is -0.000000180. The quantitative estimate of drug-likeness (QED) is 0.143. The first-order chi connectivity index (χ1) is 19.5. The van der Waals surface area contributed by atoms with Crippen molar-refractivity contribution in [3.8, 4) is 22.3 Å². The molecule has 0 spiro atoms. The molecule has 6 aromatic rings. The molecule has 1 radical (unpaired) electrons. The van der Waals surface area contributed by atoms with Crippen LogP contribution in [0.3, 0.4) is 0 Å². The van der Waals surface area contributed by atoms with Crippen LogP contribution in [0, 0.1) is 0 Å². The van der Waals surface area contributed by atoms with Crippen molar-refractivity contribution >= 4 is 22.7 Å². The Kier molecular flexibility index (Phi) is 28.9. The normalized spacial score (nSPS) is 8.25. The van der Waals surface area contributed by atoms with E-state index >= 15 is 0 Å². The first-order valence-corrected chi connectivity index (χ1v) is 12.1. The number of rotatable bonds is 4. The van der Waals surface area contributed by atoms with Gasteiger partial charge in [-0.05, 0) is 105 Å². The average molecular weight is 718 g/mol. The maximum atomic E-state index is 10.6. The number of hydrogen-bond acceptors (Lipinski definition) is 8. The van der Waals surface area contributed by atoms with E-state index in [4.69, 9.17) is 0 Å². The molecule has 0 aliphatic carbocycles. The SMILES string of the molecule is O.O.O.O.O.O=C([O-])c1ccc2cc(C(=O)[O-])ccc2c1.[Cu+2].[OH3+].[OH3+].c1cc(-c2ccncc2)ccn1.c1cc(-c2ccncc2)ccn1. The van der Waals surface area contributed by atoms with Gasteiger partial charge in [0.25, 0.3) is 0 Å². The molecule has 0 aliphatic heterocycles. The fraction of sp³-hybridized carbons (Fsp3) is 0. The van der Waals surface area contributed by atoms with E-state index in [2.05, 4.69) is 19.9 Å². The number of pyridine rings is 4. The van der Waals surface area contributed by atoms with Crippen LogP contribution in [0.5, 0.6) is 0 Å². The number of carboxylic acids is 2. The number of carbonyl (C=O) groups is 2. The van der Waals surface area contributed by atoms with Crippen LogP contribution >= 0.6 is 0 Å². The number of fused-ring (bicyclic) bond motifs is 1. The largest absolute Gasteiger partial charge is 2.00 e. The molecule has 0 atom stereocenters. The molecule has 0 unspecified atom stereocenters. The summed E-state index contributed by atoms with van der Waals surface area (Å²) in [6.07, 6.45) is 14.3. The summed E-state index contributed by atoms with van der Waals surface area (Å²) in [6.45, 7) is 0. The second-order valence-corrected chi connectivity index (χ2v) is 8.30. The van der Waals surface area contributed by atoms with Gasteiger partial charge in [-0.15, -0.1) is 0 Å². The molecule has 16 heteroatoms. The minimum absolute atomic E-state index is 0. The Morgan fingerprint density at radius 2 is 0.604 bits per heavy atom. The molecule has 0 saturated carbocycles. The van der Waals surface area contributed by atoms with Gasteiger partial charge >= 0.3 is 17.1 Å². The second-order valence-electron chi connectivity index (χ2n) is 8.30. The monoisotopic (exact) mass is 717 g/mol. The van der Waals surface area contributed by atoms with Gasteiger partial charge in [0.2, 0.25) is 0 Å². The maximum absolute atomic E-state index is 10.6. The molecular formula is C32H38CuN4O11+2. The molecule has 0 amide bonds. The zero-order chi connectivity index (χ0) is 28.2. The van der Waals surface area contributed by atoms with Crippen molar-refractivity contribution in [2.24, 2.45) is 0 Å². The molecule has 4 heterocycles. The molecule has 0 aliphatic rings. The zero-order valence-electron chi connectivity index (χ0n) is 25.1. The Hall–Kier alpha value is -5.52. The van der Waals surface area contributed by atoms with Gasteiger partial charge in [0.05, 0.1) is 11.9 Å². The average Bonchev–Trinajstić information content (AvgIpc) is 3.03. The van der Waals surface area contributed by atoms with Crippen LogP contribution in [-0.4, -0.2) is 59.3 Å². The summed E-state index contributed by atoms with van der Waals surface area (Å²) in [4.78, 5) is 37.0. The van der Waals surface area contributed by atoms with E-state index in [-0.39, 0.29) is 66.5 Å². The molecule has 0 saturated heterocycles. The van der Waals surface area contributed by atoms with Crippen LogP contribution in [0.4, 0.5) is 0 Å². The molecule has 0 bridgehead atoms. The van der Waals surface area contributed by atoms with Crippen molar-refractivity contribution in [2.75, 3.05) is 0 Å². The molecule has 2 aromatic carbocycles. The number of carbonyl (C=O) groups excluding carboxylic acids is 2. The fourth-order valence-corrected chi connectivity index (χ4v) is 3.68. The standard InChI is InChI=1S/C12H8O4.2C10H8N2.Cu.7H2O/c13-11(14)9-3-1-7-5-10(12(15)16)4-2-8(7)6-9;2*1-5-11-6-2-9(1)10-3-7-12-8-4-10;;;;;;;;/h1-6H,(H,13,14)(H,15,16);2*1-8H;;7*1H2/q;;;+2;;;;;;;. The summed E-state index contributed by atoms with van der Waals surface area (Å²) in [7, 11) is 0. The van der Waals surface area contributed by atoms with E-state index < -0.39 is 11.9 Å². The van der Waals surface area contributed by atoms with E-state index in [9.17, 15) is 19.8 Å². The van der Waals surface area contributed by atoms with E-state index in [0.717, 1.165) is 0 Å². The van der Waals surface area contributed by atoms with Gasteiger partial charge in [0, 0.05) is 49.6 Å². The first-order valence-electron chi connectivity index (χ1n) is 12.1. The first kappa shape index (κ1) is 52.0. The van der Waals surface area contributed by atoms with Gasteiger partial charge in [-0.1, -0.05) is 24.3 Å². The second kappa shape index (κ2) is 26.7. The number of nitrogens with zero attached hydrogens (tertiary/aromatic N) is 4. The van der Waals surface area contributed by atoms with Crippen molar-refractivity contribution in [1.29, 1.82) is 0 Å². The van der Waals surface area contributed by atoms with Gasteiger partial charge in [-0.2, -0.15) is 0 Å². The van der Waals surface area contributed by atoms with Crippen LogP contribution in [0.25, 0.3) is 33.0 Å². The molecule has 15 nitrogen and oxygen atoms in total. The van der Waals surface area contributed by atoms with Crippen LogP contribution in [0.15, 0.2) is 135 Å². The van der Waals surface area contributed by atoms with Gasteiger partial charge in [-0.25, -0.2) is 0 Å². The van der Waals surface area contributed by atoms with E-state index in [1.165, 1.54) is 58.7 Å². The number of benzene rings is 2. The smallest absolute Gasteiger partial charge is 0.545 e. The minimum Gasteiger partial charge on any atom is -0.545 e. The number of aromatic nitrogens is 4. The predicted octanol–water partition coefficient (Wildman–Crippen LogP) is -2.12. The molecule has 48 heavy (non-hydrogen) atoms. The Morgan fingerprint density at radius 3 is 0.792 bits per heavy atom. The van der Waals surface area contributed by atoms with E-state index in [1.807, 2.05) is 48.5 Å². The molecule has 6 rings (SSSR count). The fourth-order valence-electron chi connectivity index (χ4n) is 3.68. The van der Waals surface area contributed by atoms with Crippen LogP contribution in [0.1, 0.15) is 20.7 Å². The third-order valence-electron chi connectivity index (χ3n) is 5.70. The van der Waals surface area contributed by atoms with Crippen LogP contribution in [0.2, 0.25) is 0 Å². The summed E-state index contributed by atoms with van der Waals surface area (Å²) in [6, 6.07) is 24.5. The van der Waals surface area contributed by atoms with Gasteiger partial charge in [0.1, 0.15) is 0 Å². The summed E-state index contributed by atoms with van der Waals surface area (Å²) >= 11 is 0. The number of aromatic carboxylic acids is 2. The molecule has 0 fully saturated rings.